The Morgan fingerprint density at radius 2 is 2.04 bits per heavy atom. The van der Waals surface area contributed by atoms with Gasteiger partial charge in [0.1, 0.15) is 5.03 Å². The second kappa shape index (κ2) is 7.66. The molecule has 5 nitrogen and oxygen atoms in total. The molecule has 0 atom stereocenters. The van der Waals surface area contributed by atoms with Crippen LogP contribution in [0.5, 0.6) is 0 Å². The summed E-state index contributed by atoms with van der Waals surface area (Å²) in [7, 11) is -3.06. The monoisotopic (exact) mass is 356 g/mol. The lowest BCUT2D eigenvalue weighted by Gasteiger charge is -2.32. The predicted octanol–water partition coefficient (Wildman–Crippen LogP) is 2.48. The Morgan fingerprint density at radius 1 is 1.39 bits per heavy atom. The van der Waals surface area contributed by atoms with Crippen molar-refractivity contribution in [3.05, 3.63) is 23.9 Å². The summed E-state index contributed by atoms with van der Waals surface area (Å²) in [4.78, 5) is 18.6. The van der Waals surface area contributed by atoms with Gasteiger partial charge in [-0.3, -0.25) is 4.79 Å². The Bertz CT molecular complexity index is 651. The van der Waals surface area contributed by atoms with Crippen LogP contribution in [0, 0.1) is 5.92 Å². The van der Waals surface area contributed by atoms with E-state index in [2.05, 4.69) is 4.98 Å². The first-order valence-corrected chi connectivity index (χ1v) is 10.8. The van der Waals surface area contributed by atoms with Gasteiger partial charge < -0.3 is 4.90 Å². The van der Waals surface area contributed by atoms with E-state index in [1.165, 1.54) is 11.8 Å². The molecule has 128 valence electrons. The molecular formula is C16H24N2O3S2. The van der Waals surface area contributed by atoms with E-state index in [4.69, 9.17) is 0 Å². The van der Waals surface area contributed by atoms with Crippen molar-refractivity contribution in [2.24, 2.45) is 5.92 Å². The zero-order valence-corrected chi connectivity index (χ0v) is 15.5. The van der Waals surface area contributed by atoms with Gasteiger partial charge >= 0.3 is 0 Å². The minimum Gasteiger partial charge on any atom is -0.338 e. The summed E-state index contributed by atoms with van der Waals surface area (Å²) in [5.74, 6) is 0.312. The van der Waals surface area contributed by atoms with Crippen molar-refractivity contribution in [3.8, 4) is 0 Å². The first-order valence-electron chi connectivity index (χ1n) is 7.85. The first-order chi connectivity index (χ1) is 10.8. The van der Waals surface area contributed by atoms with Crippen molar-refractivity contribution in [2.45, 2.75) is 37.0 Å². The third-order valence-electron chi connectivity index (χ3n) is 4.00. The fourth-order valence-corrected chi connectivity index (χ4v) is 5.58. The molecule has 0 bridgehead atoms. The molecule has 23 heavy (non-hydrogen) atoms. The van der Waals surface area contributed by atoms with Gasteiger partial charge in [0, 0.05) is 19.3 Å². The number of carbonyl (C=O) groups is 1. The summed E-state index contributed by atoms with van der Waals surface area (Å²) in [5.41, 5.74) is 0.600. The third kappa shape index (κ3) is 4.47. The maximum Gasteiger partial charge on any atom is 0.256 e. The summed E-state index contributed by atoms with van der Waals surface area (Å²) in [6.07, 6.45) is 4.61. The van der Waals surface area contributed by atoms with E-state index in [0.29, 0.717) is 36.5 Å². The number of amides is 1. The largest absolute Gasteiger partial charge is 0.338 e. The number of rotatable bonds is 5. The van der Waals surface area contributed by atoms with Gasteiger partial charge in [0.15, 0.2) is 9.84 Å². The van der Waals surface area contributed by atoms with Crippen molar-refractivity contribution in [1.29, 1.82) is 0 Å². The number of carbonyl (C=O) groups excluding carboxylic acids is 1. The molecule has 1 saturated heterocycles. The Labute approximate surface area is 142 Å². The molecule has 2 heterocycles. The van der Waals surface area contributed by atoms with Crippen LogP contribution in [0.25, 0.3) is 0 Å². The van der Waals surface area contributed by atoms with E-state index < -0.39 is 9.84 Å². The van der Waals surface area contributed by atoms with Gasteiger partial charge in [-0.1, -0.05) is 13.8 Å². The van der Waals surface area contributed by atoms with E-state index in [0.717, 1.165) is 0 Å². The number of nitrogens with zero attached hydrogens (tertiary/aromatic N) is 2. The van der Waals surface area contributed by atoms with Crippen molar-refractivity contribution in [2.75, 3.05) is 25.1 Å². The Kier molecular flexibility index (Phi) is 6.08. The Balaban J connectivity index is 2.03. The molecule has 0 spiro atoms. The summed E-state index contributed by atoms with van der Waals surface area (Å²) in [5, 5.41) is 0.398. The van der Waals surface area contributed by atoms with Crippen molar-refractivity contribution in [3.63, 3.8) is 0 Å². The molecule has 0 aliphatic carbocycles. The highest BCUT2D eigenvalue weighted by Crippen LogP contribution is 2.24. The lowest BCUT2D eigenvalue weighted by atomic mass is 10.1. The highest BCUT2D eigenvalue weighted by Gasteiger charge is 2.32. The van der Waals surface area contributed by atoms with Gasteiger partial charge in [0.2, 0.25) is 0 Å². The molecular weight excluding hydrogens is 332 g/mol. The lowest BCUT2D eigenvalue weighted by molar-refractivity contribution is 0.0721. The molecule has 1 aromatic heterocycles. The Morgan fingerprint density at radius 3 is 2.61 bits per heavy atom. The van der Waals surface area contributed by atoms with Crippen LogP contribution < -0.4 is 0 Å². The normalized spacial score (nSPS) is 16.8. The van der Waals surface area contributed by atoms with Gasteiger partial charge in [-0.05, 0) is 37.1 Å². The summed E-state index contributed by atoms with van der Waals surface area (Å²) in [6.45, 7) is 4.82. The summed E-state index contributed by atoms with van der Waals surface area (Å²) < 4.78 is 24.7. The Hall–Kier alpha value is -1.08. The fourth-order valence-electron chi connectivity index (χ4n) is 2.91. The van der Waals surface area contributed by atoms with Crippen LogP contribution in [-0.2, 0) is 9.84 Å². The number of aromatic nitrogens is 1. The molecule has 1 amide bonds. The zero-order chi connectivity index (χ0) is 17.0. The van der Waals surface area contributed by atoms with Gasteiger partial charge in [-0.25, -0.2) is 13.4 Å². The smallest absolute Gasteiger partial charge is 0.256 e. The topological polar surface area (TPSA) is 67.3 Å². The number of hydrogen-bond donors (Lipinski definition) is 0. The molecule has 7 heteroatoms. The lowest BCUT2D eigenvalue weighted by Crippen LogP contribution is -2.43. The molecule has 2 rings (SSSR count). The quantitative estimate of drug-likeness (QED) is 0.758. The predicted molar refractivity (Wildman–Crippen MR) is 93.6 cm³/mol. The minimum absolute atomic E-state index is 0.0536. The summed E-state index contributed by atoms with van der Waals surface area (Å²) >= 11 is 1.44. The number of hydrogen-bond acceptors (Lipinski definition) is 5. The third-order valence-corrected chi connectivity index (χ3v) is 7.33. The van der Waals surface area contributed by atoms with Crippen LogP contribution in [-0.4, -0.2) is 54.6 Å². The van der Waals surface area contributed by atoms with Crippen LogP contribution >= 0.6 is 11.8 Å². The number of piperidine rings is 1. The molecule has 0 aromatic carbocycles. The SMILES string of the molecule is CSc1ncccc1C(=O)N1CCC(S(=O)(=O)CC(C)C)CC1. The van der Waals surface area contributed by atoms with Crippen molar-refractivity contribution >= 4 is 27.5 Å². The highest BCUT2D eigenvalue weighted by molar-refractivity contribution is 7.98. The van der Waals surface area contributed by atoms with Crippen LogP contribution in [0.2, 0.25) is 0 Å². The standard InChI is InChI=1S/C16H24N2O3S2/c1-12(2)11-23(20,21)13-6-9-18(10-7-13)16(19)14-5-4-8-17-15(14)22-3/h4-5,8,12-13H,6-7,9-11H2,1-3H3. The molecule has 1 fully saturated rings. The molecule has 0 unspecified atom stereocenters. The van der Waals surface area contributed by atoms with E-state index in [1.807, 2.05) is 20.1 Å². The van der Waals surface area contributed by atoms with E-state index in [-0.39, 0.29) is 22.8 Å². The van der Waals surface area contributed by atoms with Gasteiger partial charge in [-0.15, -0.1) is 11.8 Å². The molecule has 0 N–H and O–H groups in total. The van der Waals surface area contributed by atoms with E-state index >= 15 is 0 Å². The second-order valence-corrected chi connectivity index (χ2v) is 9.40. The minimum atomic E-state index is -3.06. The van der Waals surface area contributed by atoms with Gasteiger partial charge in [0.25, 0.3) is 5.91 Å². The molecule has 0 saturated carbocycles. The van der Waals surface area contributed by atoms with Crippen LogP contribution in [0.4, 0.5) is 0 Å². The maximum atomic E-state index is 12.6. The molecule has 1 aliphatic heterocycles. The number of pyridine rings is 1. The second-order valence-electron chi connectivity index (χ2n) is 6.28. The average Bonchev–Trinajstić information content (AvgIpc) is 2.53. The summed E-state index contributed by atoms with van der Waals surface area (Å²) in [6, 6.07) is 3.54. The van der Waals surface area contributed by atoms with Crippen LogP contribution in [0.15, 0.2) is 23.4 Å². The van der Waals surface area contributed by atoms with Crippen LogP contribution in [0.1, 0.15) is 37.0 Å². The number of likely N-dealkylation sites (tertiary alicyclic amines) is 1. The van der Waals surface area contributed by atoms with Crippen molar-refractivity contribution in [1.82, 2.24) is 9.88 Å². The number of sulfone groups is 1. The first kappa shape index (κ1) is 18.3. The number of thioether (sulfide) groups is 1. The van der Waals surface area contributed by atoms with Gasteiger partial charge in [0.05, 0.1) is 16.6 Å². The maximum absolute atomic E-state index is 12.6. The fraction of sp³-hybridized carbons (Fsp3) is 0.625. The highest BCUT2D eigenvalue weighted by atomic mass is 32.2. The van der Waals surface area contributed by atoms with Crippen molar-refractivity contribution < 1.29 is 13.2 Å². The molecule has 1 aromatic rings. The van der Waals surface area contributed by atoms with Crippen LogP contribution in [0.3, 0.4) is 0 Å². The average molecular weight is 357 g/mol. The van der Waals surface area contributed by atoms with Gasteiger partial charge in [-0.2, -0.15) is 0 Å². The van der Waals surface area contributed by atoms with E-state index in [1.54, 1.807) is 23.2 Å². The molecule has 0 radical (unpaired) electrons. The van der Waals surface area contributed by atoms with E-state index in [9.17, 15) is 13.2 Å². The molecule has 1 aliphatic rings. The zero-order valence-electron chi connectivity index (χ0n) is 13.9.